The molecule has 0 spiro atoms. The minimum Gasteiger partial charge on any atom is -0.477 e. The van der Waals surface area contributed by atoms with Crippen LogP contribution in [0.25, 0.3) is 0 Å². The van der Waals surface area contributed by atoms with Crippen molar-refractivity contribution in [3.63, 3.8) is 0 Å². The Labute approximate surface area is 102 Å². The van der Waals surface area contributed by atoms with Gasteiger partial charge < -0.3 is 15.2 Å². The van der Waals surface area contributed by atoms with E-state index >= 15 is 0 Å². The van der Waals surface area contributed by atoms with Crippen LogP contribution in [0.5, 0.6) is 11.8 Å². The summed E-state index contributed by atoms with van der Waals surface area (Å²) >= 11 is 0. The van der Waals surface area contributed by atoms with Gasteiger partial charge in [-0.2, -0.15) is 4.98 Å². The molecule has 0 amide bonds. The number of nitrogens with two attached hydrogens (primary N) is 1. The van der Waals surface area contributed by atoms with Gasteiger partial charge in [-0.15, -0.1) is 0 Å². The zero-order valence-electron chi connectivity index (χ0n) is 10.8. The summed E-state index contributed by atoms with van der Waals surface area (Å²) in [6.07, 6.45) is 4.85. The first-order chi connectivity index (χ1) is 8.13. The Hall–Kier alpha value is -1.36. The van der Waals surface area contributed by atoms with E-state index < -0.39 is 0 Å². The fourth-order valence-corrected chi connectivity index (χ4v) is 1.29. The van der Waals surface area contributed by atoms with Gasteiger partial charge in [-0.25, -0.2) is 0 Å². The average Bonchev–Trinajstić information content (AvgIpc) is 2.37. The van der Waals surface area contributed by atoms with Gasteiger partial charge >= 0.3 is 0 Å². The number of nitrogens with zero attached hydrogens (tertiary/aromatic N) is 2. The average molecular weight is 239 g/mol. The summed E-state index contributed by atoms with van der Waals surface area (Å²) in [6, 6.07) is 0. The second-order valence-electron chi connectivity index (χ2n) is 3.99. The highest BCUT2D eigenvalue weighted by atomic mass is 16.5. The third-order valence-electron chi connectivity index (χ3n) is 2.80. The molecule has 0 saturated carbocycles. The molecular weight excluding hydrogens is 218 g/mol. The first kappa shape index (κ1) is 13.7. The molecule has 17 heavy (non-hydrogen) atoms. The van der Waals surface area contributed by atoms with Crippen molar-refractivity contribution in [1.82, 2.24) is 9.97 Å². The van der Waals surface area contributed by atoms with E-state index in [1.54, 1.807) is 12.4 Å². The van der Waals surface area contributed by atoms with Crippen LogP contribution in [0, 0.1) is 0 Å². The second-order valence-corrected chi connectivity index (χ2v) is 3.99. The van der Waals surface area contributed by atoms with Crippen LogP contribution >= 0.6 is 0 Å². The molecule has 1 heterocycles. The van der Waals surface area contributed by atoms with Crippen LogP contribution < -0.4 is 15.2 Å². The molecule has 5 nitrogen and oxygen atoms in total. The second kappa shape index (κ2) is 6.39. The Balaban J connectivity index is 2.59. The maximum absolute atomic E-state index is 6.14. The number of hydrogen-bond donors (Lipinski definition) is 1. The van der Waals surface area contributed by atoms with Gasteiger partial charge in [-0.05, 0) is 19.8 Å². The van der Waals surface area contributed by atoms with E-state index in [9.17, 15) is 0 Å². The van der Waals surface area contributed by atoms with Gasteiger partial charge in [0.2, 0.25) is 11.8 Å². The van der Waals surface area contributed by atoms with Crippen LogP contribution in [0.15, 0.2) is 12.4 Å². The summed E-state index contributed by atoms with van der Waals surface area (Å²) in [7, 11) is 0. The van der Waals surface area contributed by atoms with Gasteiger partial charge in [-0.1, -0.05) is 13.8 Å². The van der Waals surface area contributed by atoms with Crippen LogP contribution in [-0.2, 0) is 0 Å². The lowest BCUT2D eigenvalue weighted by Gasteiger charge is -2.25. The fraction of sp³-hybridized carbons (Fsp3) is 0.667. The van der Waals surface area contributed by atoms with Crippen molar-refractivity contribution in [2.24, 2.45) is 5.73 Å². The van der Waals surface area contributed by atoms with E-state index in [1.807, 2.05) is 6.92 Å². The van der Waals surface area contributed by atoms with Gasteiger partial charge in [-0.3, -0.25) is 4.98 Å². The molecule has 0 aliphatic rings. The Morgan fingerprint density at radius 1 is 1.12 bits per heavy atom. The molecule has 96 valence electrons. The molecule has 0 unspecified atom stereocenters. The maximum atomic E-state index is 6.14. The molecule has 0 aromatic carbocycles. The molecule has 0 atom stereocenters. The molecule has 0 radical (unpaired) electrons. The van der Waals surface area contributed by atoms with Crippen molar-refractivity contribution in [3.8, 4) is 11.8 Å². The lowest BCUT2D eigenvalue weighted by atomic mass is 9.96. The van der Waals surface area contributed by atoms with Crippen LogP contribution in [0.1, 0.15) is 33.6 Å². The standard InChI is InChI=1S/C12H21N3O2/c1-4-12(13,5-2)9-17-11-8-14-7-10(15-11)16-6-3/h7-8H,4-6,9,13H2,1-3H3. The third kappa shape index (κ3) is 4.19. The van der Waals surface area contributed by atoms with E-state index in [0.29, 0.717) is 25.0 Å². The molecular formula is C12H21N3O2. The largest absolute Gasteiger partial charge is 0.477 e. The van der Waals surface area contributed by atoms with Gasteiger partial charge in [0.25, 0.3) is 0 Å². The van der Waals surface area contributed by atoms with Crippen LogP contribution in [0.4, 0.5) is 0 Å². The summed E-state index contributed by atoms with van der Waals surface area (Å²) < 4.78 is 10.8. The molecule has 1 aromatic rings. The fourth-order valence-electron chi connectivity index (χ4n) is 1.29. The van der Waals surface area contributed by atoms with Crippen LogP contribution in [0.3, 0.4) is 0 Å². The van der Waals surface area contributed by atoms with E-state index in [2.05, 4.69) is 23.8 Å². The van der Waals surface area contributed by atoms with E-state index in [-0.39, 0.29) is 5.54 Å². The zero-order chi connectivity index (χ0) is 12.7. The SMILES string of the molecule is CCOc1cncc(OCC(N)(CC)CC)n1. The molecule has 0 aliphatic carbocycles. The molecule has 1 aromatic heterocycles. The molecule has 0 bridgehead atoms. The number of rotatable bonds is 7. The highest BCUT2D eigenvalue weighted by Crippen LogP contribution is 2.15. The Kier molecular flexibility index (Phi) is 5.15. The van der Waals surface area contributed by atoms with Crippen LogP contribution in [-0.4, -0.2) is 28.7 Å². The van der Waals surface area contributed by atoms with Crippen molar-refractivity contribution in [2.45, 2.75) is 39.2 Å². The number of ether oxygens (including phenoxy) is 2. The minimum atomic E-state index is -0.302. The van der Waals surface area contributed by atoms with Gasteiger partial charge in [0, 0.05) is 5.54 Å². The van der Waals surface area contributed by atoms with Gasteiger partial charge in [0.1, 0.15) is 6.61 Å². The lowest BCUT2D eigenvalue weighted by molar-refractivity contribution is 0.197. The Bertz CT molecular complexity index is 340. The highest BCUT2D eigenvalue weighted by molar-refractivity contribution is 5.12. The van der Waals surface area contributed by atoms with E-state index in [0.717, 1.165) is 12.8 Å². The lowest BCUT2D eigenvalue weighted by Crippen LogP contribution is -2.44. The molecule has 5 heteroatoms. The smallest absolute Gasteiger partial charge is 0.235 e. The summed E-state index contributed by atoms with van der Waals surface area (Å²) in [6.45, 7) is 6.99. The van der Waals surface area contributed by atoms with Crippen molar-refractivity contribution < 1.29 is 9.47 Å². The summed E-state index contributed by atoms with van der Waals surface area (Å²) in [5.74, 6) is 0.924. The first-order valence-corrected chi connectivity index (χ1v) is 6.00. The topological polar surface area (TPSA) is 70.3 Å². The third-order valence-corrected chi connectivity index (χ3v) is 2.80. The summed E-state index contributed by atoms with van der Waals surface area (Å²) in [4.78, 5) is 8.17. The molecule has 0 saturated heterocycles. The van der Waals surface area contributed by atoms with Crippen LogP contribution in [0.2, 0.25) is 0 Å². The minimum absolute atomic E-state index is 0.302. The first-order valence-electron chi connectivity index (χ1n) is 6.00. The van der Waals surface area contributed by atoms with Crippen molar-refractivity contribution in [3.05, 3.63) is 12.4 Å². The summed E-state index contributed by atoms with van der Waals surface area (Å²) in [5, 5.41) is 0. The molecule has 2 N–H and O–H groups in total. The monoisotopic (exact) mass is 239 g/mol. The molecule has 0 fully saturated rings. The predicted molar refractivity (Wildman–Crippen MR) is 66.2 cm³/mol. The quantitative estimate of drug-likeness (QED) is 0.785. The number of hydrogen-bond acceptors (Lipinski definition) is 5. The summed E-state index contributed by atoms with van der Waals surface area (Å²) in [5.41, 5.74) is 5.83. The van der Waals surface area contributed by atoms with E-state index in [1.165, 1.54) is 0 Å². The normalized spacial score (nSPS) is 11.3. The predicted octanol–water partition coefficient (Wildman–Crippen LogP) is 1.77. The molecule has 0 aliphatic heterocycles. The molecule has 1 rings (SSSR count). The van der Waals surface area contributed by atoms with Gasteiger partial charge in [0.15, 0.2) is 0 Å². The van der Waals surface area contributed by atoms with Crippen molar-refractivity contribution in [1.29, 1.82) is 0 Å². The maximum Gasteiger partial charge on any atom is 0.235 e. The highest BCUT2D eigenvalue weighted by Gasteiger charge is 2.21. The van der Waals surface area contributed by atoms with Crippen molar-refractivity contribution >= 4 is 0 Å². The Morgan fingerprint density at radius 2 is 1.71 bits per heavy atom. The van der Waals surface area contributed by atoms with Gasteiger partial charge in [0.05, 0.1) is 19.0 Å². The zero-order valence-corrected chi connectivity index (χ0v) is 10.8. The van der Waals surface area contributed by atoms with Crippen molar-refractivity contribution in [2.75, 3.05) is 13.2 Å². The number of aromatic nitrogens is 2. The Morgan fingerprint density at radius 3 is 2.24 bits per heavy atom. The van der Waals surface area contributed by atoms with E-state index in [4.69, 9.17) is 15.2 Å².